The molecule has 3 aromatic rings. The van der Waals surface area contributed by atoms with E-state index in [0.29, 0.717) is 18.7 Å². The second-order valence-electron chi connectivity index (χ2n) is 5.77. The first-order valence-electron chi connectivity index (χ1n) is 7.90. The van der Waals surface area contributed by atoms with Crippen molar-refractivity contribution in [1.29, 1.82) is 0 Å². The highest BCUT2D eigenvalue weighted by molar-refractivity contribution is 5.87. The van der Waals surface area contributed by atoms with Gasteiger partial charge in [-0.3, -0.25) is 0 Å². The van der Waals surface area contributed by atoms with E-state index in [1.165, 1.54) is 12.1 Å². The van der Waals surface area contributed by atoms with Gasteiger partial charge in [-0.25, -0.2) is 0 Å². The van der Waals surface area contributed by atoms with Gasteiger partial charge in [0.15, 0.2) is 0 Å². The molecule has 0 saturated carbocycles. The van der Waals surface area contributed by atoms with Crippen LogP contribution in [0.5, 0.6) is 5.75 Å². The number of methoxy groups -OCH3 is 1. The topological polar surface area (TPSA) is 21.3 Å². The lowest BCUT2D eigenvalue weighted by atomic mass is 10.0. The Bertz CT molecular complexity index is 874. The van der Waals surface area contributed by atoms with E-state index in [9.17, 15) is 13.2 Å². The van der Waals surface area contributed by atoms with Crippen molar-refractivity contribution in [2.75, 3.05) is 7.11 Å². The molecule has 0 heterocycles. The summed E-state index contributed by atoms with van der Waals surface area (Å²) in [4.78, 5) is 0. The molecule has 0 aliphatic rings. The fourth-order valence-electron chi connectivity index (χ4n) is 2.88. The van der Waals surface area contributed by atoms with E-state index in [1.54, 1.807) is 13.2 Å². The summed E-state index contributed by atoms with van der Waals surface area (Å²) in [6.07, 6.45) is -4.32. The van der Waals surface area contributed by atoms with Gasteiger partial charge in [0, 0.05) is 18.7 Å². The molecule has 3 rings (SSSR count). The molecule has 0 fully saturated rings. The monoisotopic (exact) mass is 345 g/mol. The molecular weight excluding hydrogens is 327 g/mol. The zero-order chi connectivity index (χ0) is 17.9. The van der Waals surface area contributed by atoms with Crippen molar-refractivity contribution in [3.63, 3.8) is 0 Å². The van der Waals surface area contributed by atoms with Crippen molar-refractivity contribution in [2.45, 2.75) is 19.3 Å². The van der Waals surface area contributed by atoms with Gasteiger partial charge in [-0.05, 0) is 28.5 Å². The molecule has 1 N–H and O–H groups in total. The molecule has 0 aliphatic carbocycles. The van der Waals surface area contributed by atoms with Crippen molar-refractivity contribution in [3.05, 3.63) is 77.4 Å². The Morgan fingerprint density at radius 1 is 0.920 bits per heavy atom. The molecule has 0 aliphatic heterocycles. The molecule has 0 saturated heterocycles. The predicted molar refractivity (Wildman–Crippen MR) is 92.5 cm³/mol. The standard InChI is InChI=1S/C20H18F3NO/c1-25-19-10-9-15-6-2-3-8-17(15)18(19)13-24-12-14-5-4-7-16(11-14)20(21,22)23/h2-11,24H,12-13H2,1H3. The van der Waals surface area contributed by atoms with Gasteiger partial charge in [0.2, 0.25) is 0 Å². The SMILES string of the molecule is COc1ccc2ccccc2c1CNCc1cccc(C(F)(F)F)c1. The van der Waals surface area contributed by atoms with Crippen molar-refractivity contribution < 1.29 is 17.9 Å². The van der Waals surface area contributed by atoms with E-state index < -0.39 is 11.7 Å². The van der Waals surface area contributed by atoms with Gasteiger partial charge in [0.25, 0.3) is 0 Å². The maximum absolute atomic E-state index is 12.8. The normalized spacial score (nSPS) is 11.7. The second kappa shape index (κ2) is 7.15. The third-order valence-electron chi connectivity index (χ3n) is 4.10. The van der Waals surface area contributed by atoms with Gasteiger partial charge in [0.05, 0.1) is 12.7 Å². The molecule has 0 radical (unpaired) electrons. The van der Waals surface area contributed by atoms with Crippen LogP contribution in [0.15, 0.2) is 60.7 Å². The molecule has 0 bridgehead atoms. The van der Waals surface area contributed by atoms with E-state index in [0.717, 1.165) is 28.2 Å². The first-order chi connectivity index (χ1) is 12.0. The van der Waals surface area contributed by atoms with Crippen LogP contribution >= 0.6 is 0 Å². The third-order valence-corrected chi connectivity index (χ3v) is 4.10. The summed E-state index contributed by atoms with van der Waals surface area (Å²) in [5.41, 5.74) is 0.955. The Morgan fingerprint density at radius 2 is 1.72 bits per heavy atom. The molecule has 130 valence electrons. The van der Waals surface area contributed by atoms with Gasteiger partial charge in [-0.1, -0.05) is 48.5 Å². The van der Waals surface area contributed by atoms with Crippen molar-refractivity contribution in [2.24, 2.45) is 0 Å². The van der Waals surface area contributed by atoms with Crippen LogP contribution in [0.25, 0.3) is 10.8 Å². The highest BCUT2D eigenvalue weighted by Gasteiger charge is 2.30. The lowest BCUT2D eigenvalue weighted by Crippen LogP contribution is -2.14. The van der Waals surface area contributed by atoms with Crippen LogP contribution in [0.3, 0.4) is 0 Å². The van der Waals surface area contributed by atoms with E-state index >= 15 is 0 Å². The van der Waals surface area contributed by atoms with Gasteiger partial charge in [-0.15, -0.1) is 0 Å². The Hall–Kier alpha value is -2.53. The van der Waals surface area contributed by atoms with Crippen LogP contribution in [0.1, 0.15) is 16.7 Å². The molecule has 25 heavy (non-hydrogen) atoms. The summed E-state index contributed by atoms with van der Waals surface area (Å²) in [6.45, 7) is 0.844. The molecule has 0 spiro atoms. The Kier molecular flexibility index (Phi) is 4.95. The summed E-state index contributed by atoms with van der Waals surface area (Å²) >= 11 is 0. The van der Waals surface area contributed by atoms with E-state index in [-0.39, 0.29) is 0 Å². The number of fused-ring (bicyclic) bond motifs is 1. The van der Waals surface area contributed by atoms with Gasteiger partial charge in [0.1, 0.15) is 5.75 Å². The molecule has 0 amide bonds. The van der Waals surface area contributed by atoms with Crippen LogP contribution in [0, 0.1) is 0 Å². The Morgan fingerprint density at radius 3 is 2.48 bits per heavy atom. The summed E-state index contributed by atoms with van der Waals surface area (Å²) in [6, 6.07) is 17.2. The van der Waals surface area contributed by atoms with Crippen LogP contribution in [0.4, 0.5) is 13.2 Å². The number of hydrogen-bond acceptors (Lipinski definition) is 2. The van der Waals surface area contributed by atoms with E-state index in [1.807, 2.05) is 36.4 Å². The molecule has 3 aromatic carbocycles. The predicted octanol–water partition coefficient (Wildman–Crippen LogP) is 5.16. The minimum Gasteiger partial charge on any atom is -0.496 e. The molecule has 0 unspecified atom stereocenters. The molecule has 2 nitrogen and oxygen atoms in total. The average Bonchev–Trinajstić information content (AvgIpc) is 2.61. The van der Waals surface area contributed by atoms with Crippen molar-refractivity contribution >= 4 is 10.8 Å². The first-order valence-corrected chi connectivity index (χ1v) is 7.90. The zero-order valence-electron chi connectivity index (χ0n) is 13.7. The van der Waals surface area contributed by atoms with Crippen LogP contribution in [-0.4, -0.2) is 7.11 Å². The smallest absolute Gasteiger partial charge is 0.416 e. The average molecular weight is 345 g/mol. The van der Waals surface area contributed by atoms with Gasteiger partial charge >= 0.3 is 6.18 Å². The van der Waals surface area contributed by atoms with Crippen molar-refractivity contribution in [1.82, 2.24) is 5.32 Å². The fraction of sp³-hybridized carbons (Fsp3) is 0.200. The summed E-state index contributed by atoms with van der Waals surface area (Å²) in [5, 5.41) is 5.38. The molecule has 5 heteroatoms. The summed E-state index contributed by atoms with van der Waals surface area (Å²) < 4.78 is 43.8. The first kappa shape index (κ1) is 17.3. The number of rotatable bonds is 5. The molecule has 0 atom stereocenters. The maximum atomic E-state index is 12.8. The highest BCUT2D eigenvalue weighted by Crippen LogP contribution is 2.30. The second-order valence-corrected chi connectivity index (χ2v) is 5.77. The van der Waals surface area contributed by atoms with Gasteiger partial charge < -0.3 is 10.1 Å². The highest BCUT2D eigenvalue weighted by atomic mass is 19.4. The third kappa shape index (κ3) is 3.94. The molecule has 0 aromatic heterocycles. The van der Waals surface area contributed by atoms with Crippen molar-refractivity contribution in [3.8, 4) is 5.75 Å². The Labute approximate surface area is 144 Å². The maximum Gasteiger partial charge on any atom is 0.416 e. The quantitative estimate of drug-likeness (QED) is 0.690. The zero-order valence-corrected chi connectivity index (χ0v) is 13.7. The van der Waals surface area contributed by atoms with E-state index in [4.69, 9.17) is 4.74 Å². The van der Waals surface area contributed by atoms with Crippen LogP contribution in [0.2, 0.25) is 0 Å². The lowest BCUT2D eigenvalue weighted by molar-refractivity contribution is -0.137. The van der Waals surface area contributed by atoms with Crippen LogP contribution in [-0.2, 0) is 19.3 Å². The fourth-order valence-corrected chi connectivity index (χ4v) is 2.88. The number of ether oxygens (including phenoxy) is 1. The largest absolute Gasteiger partial charge is 0.496 e. The van der Waals surface area contributed by atoms with E-state index in [2.05, 4.69) is 5.32 Å². The summed E-state index contributed by atoms with van der Waals surface area (Å²) in [5.74, 6) is 0.759. The minimum atomic E-state index is -4.32. The lowest BCUT2D eigenvalue weighted by Gasteiger charge is -2.14. The van der Waals surface area contributed by atoms with Crippen LogP contribution < -0.4 is 10.1 Å². The molecular formula is C20H18F3NO. The van der Waals surface area contributed by atoms with Gasteiger partial charge in [-0.2, -0.15) is 13.2 Å². The number of benzene rings is 3. The number of hydrogen-bond donors (Lipinski definition) is 1. The number of nitrogens with one attached hydrogen (secondary N) is 1. The number of alkyl halides is 3. The Balaban J connectivity index is 1.78. The summed E-state index contributed by atoms with van der Waals surface area (Å²) in [7, 11) is 1.61. The minimum absolute atomic E-state index is 0.344. The number of halogens is 3.